The number of nitrogens with two attached hydrogens (primary N) is 1. The number of rotatable bonds is 8. The second-order valence-electron chi connectivity index (χ2n) is 4.86. The largest absolute Gasteiger partial charge is 0.493 e. The molecule has 2 N–H and O–H groups in total. The molecule has 0 radical (unpaired) electrons. The smallest absolute Gasteiger partial charge is 0.387 e. The fourth-order valence-electron chi connectivity index (χ4n) is 1.93. The van der Waals surface area contributed by atoms with E-state index in [9.17, 15) is 13.6 Å². The van der Waals surface area contributed by atoms with E-state index in [0.29, 0.717) is 11.1 Å². The maximum atomic E-state index is 12.3. The fraction of sp³-hybridized carbons (Fsp3) is 0.176. The van der Waals surface area contributed by atoms with Gasteiger partial charge in [-0.1, -0.05) is 17.3 Å². The van der Waals surface area contributed by atoms with Crippen LogP contribution < -0.4 is 15.2 Å². The van der Waals surface area contributed by atoms with Crippen molar-refractivity contribution in [3.05, 3.63) is 59.2 Å². The molecular formula is C17H16F2N2O4. The Labute approximate surface area is 142 Å². The number of amides is 1. The van der Waals surface area contributed by atoms with Gasteiger partial charge in [-0.2, -0.15) is 8.78 Å². The number of benzene rings is 2. The van der Waals surface area contributed by atoms with Gasteiger partial charge in [-0.05, 0) is 35.9 Å². The molecule has 0 aliphatic rings. The Morgan fingerprint density at radius 2 is 1.92 bits per heavy atom. The Morgan fingerprint density at radius 1 is 1.20 bits per heavy atom. The highest BCUT2D eigenvalue weighted by molar-refractivity contribution is 5.92. The second kappa shape index (κ2) is 8.62. The molecule has 0 aliphatic carbocycles. The molecule has 132 valence electrons. The van der Waals surface area contributed by atoms with Crippen molar-refractivity contribution in [2.45, 2.75) is 13.2 Å². The third-order valence-electron chi connectivity index (χ3n) is 3.15. The highest BCUT2D eigenvalue weighted by Crippen LogP contribution is 2.28. The number of oxime groups is 1. The number of primary amides is 1. The number of methoxy groups -OCH3 is 1. The molecule has 0 fully saturated rings. The number of carbonyl (C=O) groups excluding carboxylic acids is 1. The molecule has 1 amide bonds. The molecule has 25 heavy (non-hydrogen) atoms. The summed E-state index contributed by atoms with van der Waals surface area (Å²) in [5.74, 6) is -0.407. The summed E-state index contributed by atoms with van der Waals surface area (Å²) in [6.45, 7) is -2.74. The molecule has 2 aromatic rings. The van der Waals surface area contributed by atoms with E-state index < -0.39 is 12.5 Å². The van der Waals surface area contributed by atoms with Gasteiger partial charge in [0.2, 0.25) is 5.91 Å². The average Bonchev–Trinajstić information content (AvgIpc) is 2.59. The predicted octanol–water partition coefficient (Wildman–Crippen LogP) is 2.95. The maximum absolute atomic E-state index is 12.3. The van der Waals surface area contributed by atoms with Crippen molar-refractivity contribution in [2.24, 2.45) is 10.9 Å². The van der Waals surface area contributed by atoms with Gasteiger partial charge < -0.3 is 20.0 Å². The minimum Gasteiger partial charge on any atom is -0.493 e. The first-order valence-electron chi connectivity index (χ1n) is 7.16. The van der Waals surface area contributed by atoms with E-state index in [-0.39, 0.29) is 18.1 Å². The van der Waals surface area contributed by atoms with Gasteiger partial charge in [0.1, 0.15) is 6.61 Å². The Bertz CT molecular complexity index is 749. The molecule has 0 spiro atoms. The van der Waals surface area contributed by atoms with Crippen LogP contribution in [0.2, 0.25) is 0 Å². The molecule has 0 saturated heterocycles. The van der Waals surface area contributed by atoms with Crippen LogP contribution in [-0.4, -0.2) is 25.8 Å². The topological polar surface area (TPSA) is 83.1 Å². The van der Waals surface area contributed by atoms with E-state index in [4.69, 9.17) is 15.3 Å². The van der Waals surface area contributed by atoms with Crippen molar-refractivity contribution in [3.63, 3.8) is 0 Å². The summed E-state index contributed by atoms with van der Waals surface area (Å²) in [7, 11) is 1.35. The van der Waals surface area contributed by atoms with Gasteiger partial charge in [0, 0.05) is 11.1 Å². The van der Waals surface area contributed by atoms with Gasteiger partial charge in [0.05, 0.1) is 13.3 Å². The third kappa shape index (κ3) is 5.45. The third-order valence-corrected chi connectivity index (χ3v) is 3.15. The highest BCUT2D eigenvalue weighted by Gasteiger charge is 2.10. The van der Waals surface area contributed by atoms with Crippen LogP contribution >= 0.6 is 0 Å². The Kier molecular flexibility index (Phi) is 6.27. The average molecular weight is 350 g/mol. The van der Waals surface area contributed by atoms with Crippen LogP contribution in [0.15, 0.2) is 47.6 Å². The minimum atomic E-state index is -2.93. The number of nitrogens with zero attached hydrogens (tertiary/aromatic N) is 1. The van der Waals surface area contributed by atoms with Crippen molar-refractivity contribution in [1.82, 2.24) is 0 Å². The van der Waals surface area contributed by atoms with E-state index in [2.05, 4.69) is 9.89 Å². The van der Waals surface area contributed by atoms with Crippen LogP contribution in [0.25, 0.3) is 0 Å². The number of hydrogen-bond donors (Lipinski definition) is 1. The molecule has 0 aliphatic heterocycles. The van der Waals surface area contributed by atoms with Crippen molar-refractivity contribution >= 4 is 12.1 Å². The van der Waals surface area contributed by atoms with Crippen molar-refractivity contribution in [2.75, 3.05) is 7.11 Å². The van der Waals surface area contributed by atoms with Crippen LogP contribution in [0.1, 0.15) is 21.5 Å². The summed E-state index contributed by atoms with van der Waals surface area (Å²) in [4.78, 5) is 16.1. The monoisotopic (exact) mass is 350 g/mol. The second-order valence-corrected chi connectivity index (χ2v) is 4.86. The van der Waals surface area contributed by atoms with E-state index in [1.165, 1.54) is 31.5 Å². The van der Waals surface area contributed by atoms with Gasteiger partial charge in [-0.15, -0.1) is 0 Å². The number of ether oxygens (including phenoxy) is 2. The number of halogens is 2. The van der Waals surface area contributed by atoms with E-state index in [1.54, 1.807) is 24.3 Å². The molecule has 0 heterocycles. The summed E-state index contributed by atoms with van der Waals surface area (Å²) in [5.41, 5.74) is 6.96. The lowest BCUT2D eigenvalue weighted by Crippen LogP contribution is -2.10. The van der Waals surface area contributed by atoms with Crippen LogP contribution in [0.4, 0.5) is 8.78 Å². The molecule has 0 atom stereocenters. The predicted molar refractivity (Wildman–Crippen MR) is 87.0 cm³/mol. The molecular weight excluding hydrogens is 334 g/mol. The molecule has 8 heteroatoms. The van der Waals surface area contributed by atoms with Gasteiger partial charge in [-0.3, -0.25) is 4.79 Å². The summed E-state index contributed by atoms with van der Waals surface area (Å²) >= 11 is 0. The maximum Gasteiger partial charge on any atom is 0.387 e. The fourth-order valence-corrected chi connectivity index (χ4v) is 1.93. The van der Waals surface area contributed by atoms with Crippen LogP contribution in [0, 0.1) is 0 Å². The van der Waals surface area contributed by atoms with E-state index in [0.717, 1.165) is 5.56 Å². The van der Waals surface area contributed by atoms with E-state index in [1.807, 2.05) is 0 Å². The number of hydrogen-bond acceptors (Lipinski definition) is 5. The van der Waals surface area contributed by atoms with Gasteiger partial charge in [0.25, 0.3) is 0 Å². The van der Waals surface area contributed by atoms with Crippen LogP contribution in [-0.2, 0) is 11.4 Å². The normalized spacial score (nSPS) is 10.9. The summed E-state index contributed by atoms with van der Waals surface area (Å²) in [5, 5.41) is 3.80. The molecule has 0 unspecified atom stereocenters. The van der Waals surface area contributed by atoms with Gasteiger partial charge in [-0.25, -0.2) is 0 Å². The SMILES string of the molecule is COc1cc(/C=N/OCc2ccc(C(N)=O)cc2)ccc1OC(F)F. The quantitative estimate of drug-likeness (QED) is 0.586. The molecule has 0 aromatic heterocycles. The Morgan fingerprint density at radius 3 is 2.52 bits per heavy atom. The summed E-state index contributed by atoms with van der Waals surface area (Å²) in [6, 6.07) is 11.0. The van der Waals surface area contributed by atoms with Gasteiger partial charge >= 0.3 is 6.61 Å². The lowest BCUT2D eigenvalue weighted by molar-refractivity contribution is -0.0512. The molecule has 2 aromatic carbocycles. The minimum absolute atomic E-state index is 0.0647. The van der Waals surface area contributed by atoms with Crippen LogP contribution in [0.5, 0.6) is 11.5 Å². The highest BCUT2D eigenvalue weighted by atomic mass is 19.3. The first-order valence-corrected chi connectivity index (χ1v) is 7.16. The lowest BCUT2D eigenvalue weighted by atomic mass is 10.1. The Balaban J connectivity index is 1.94. The number of alkyl halides is 2. The first-order chi connectivity index (χ1) is 12.0. The zero-order valence-electron chi connectivity index (χ0n) is 13.3. The summed E-state index contributed by atoms with van der Waals surface area (Å²) in [6.07, 6.45) is 1.41. The zero-order valence-corrected chi connectivity index (χ0v) is 13.3. The van der Waals surface area contributed by atoms with Crippen LogP contribution in [0.3, 0.4) is 0 Å². The van der Waals surface area contributed by atoms with Crippen molar-refractivity contribution < 1.29 is 27.9 Å². The molecule has 0 bridgehead atoms. The molecule has 2 rings (SSSR count). The van der Waals surface area contributed by atoms with Gasteiger partial charge in [0.15, 0.2) is 11.5 Å². The standard InChI is InChI=1S/C17H16F2N2O4/c1-23-15-8-12(4-7-14(15)25-17(18)19)9-21-24-10-11-2-5-13(6-3-11)16(20)22/h2-9,17H,10H2,1H3,(H2,20,22)/b21-9+. The first kappa shape index (κ1) is 18.2. The van der Waals surface area contributed by atoms with Crippen molar-refractivity contribution in [1.29, 1.82) is 0 Å². The summed E-state index contributed by atoms with van der Waals surface area (Å²) < 4.78 is 33.9. The lowest BCUT2D eigenvalue weighted by Gasteiger charge is -2.09. The number of carbonyl (C=O) groups is 1. The van der Waals surface area contributed by atoms with E-state index >= 15 is 0 Å². The van der Waals surface area contributed by atoms with Crippen molar-refractivity contribution in [3.8, 4) is 11.5 Å². The molecule has 6 nitrogen and oxygen atoms in total. The molecule has 0 saturated carbocycles. The Hall–Kier alpha value is -3.16. The zero-order chi connectivity index (χ0) is 18.2.